The van der Waals surface area contributed by atoms with E-state index in [-0.39, 0.29) is 32.1 Å². The first-order valence-electron chi connectivity index (χ1n) is 19.2. The number of aliphatic imine (C=N–C) groups is 3. The highest BCUT2D eigenvalue weighted by Gasteiger charge is 2.39. The van der Waals surface area contributed by atoms with Gasteiger partial charge in [0.15, 0.2) is 0 Å². The summed E-state index contributed by atoms with van der Waals surface area (Å²) in [5.41, 5.74) is 8.04. The van der Waals surface area contributed by atoms with Gasteiger partial charge in [-0.25, -0.2) is 24.6 Å². The van der Waals surface area contributed by atoms with Gasteiger partial charge < -0.3 is 36.4 Å². The van der Waals surface area contributed by atoms with Crippen LogP contribution >= 0.6 is 0 Å². The maximum absolute atomic E-state index is 13.1. The number of fused-ring (bicyclic) bond motifs is 5. The Morgan fingerprint density at radius 3 is 1.90 bits per heavy atom. The van der Waals surface area contributed by atoms with E-state index in [1.165, 1.54) is 19.2 Å². The highest BCUT2D eigenvalue weighted by molar-refractivity contribution is 6.18. The summed E-state index contributed by atoms with van der Waals surface area (Å²) < 4.78 is 0. The molecule has 0 saturated carbocycles. The number of amides is 2. The molecule has 3 unspecified atom stereocenters. The molecule has 18 heteroatoms. The van der Waals surface area contributed by atoms with Crippen molar-refractivity contribution in [3.05, 3.63) is 117 Å². The lowest BCUT2D eigenvalue weighted by Crippen LogP contribution is -2.42. The van der Waals surface area contributed by atoms with E-state index < -0.39 is 59.6 Å². The zero-order valence-electron chi connectivity index (χ0n) is 34.2. The first-order chi connectivity index (χ1) is 28.7. The van der Waals surface area contributed by atoms with Crippen molar-refractivity contribution in [2.45, 2.75) is 90.8 Å². The number of carbonyl (C=O) groups is 6. The highest BCUT2D eigenvalue weighted by Crippen LogP contribution is 2.40. The van der Waals surface area contributed by atoms with Crippen molar-refractivity contribution in [1.29, 1.82) is 0 Å². The number of aliphatic carboxylic acids is 3. The molecule has 0 aliphatic carbocycles. The average molecular weight is 838 g/mol. The van der Waals surface area contributed by atoms with Gasteiger partial charge in [-0.05, 0) is 106 Å². The molecule has 3 atom stereocenters. The molecule has 5 aliphatic rings. The lowest BCUT2D eigenvalue weighted by molar-refractivity contribution is -0.147. The Morgan fingerprint density at radius 1 is 0.770 bits per heavy atom. The summed E-state index contributed by atoms with van der Waals surface area (Å²) in [6.07, 6.45) is 9.70. The molecular formula is C43H47N7O11. The van der Waals surface area contributed by atoms with E-state index in [1.807, 2.05) is 19.3 Å². The molecule has 9 N–H and O–H groups in total. The third-order valence-corrected chi connectivity index (χ3v) is 10.7. The standard InChI is InChI=1S/C43H47N7O11/c1-7-24-21(3)29-16-34-27(12-13-44-61)43(6,60)37(48-34)18-30-23(5)26(9-11-39(53)50-36(42(58)59)19-40(54)55)33(47-30)17-32-25(22(4)28(46-32)15-31(24)45-29)8-10-38(52)49-35(41(56)57)14-20(2)51/h7,12-13,15-18,35-36,44,48,60-61H,1,8-11,14,19H2,2-6H3,(H,49,52)(H,50,53)(H,54,55)(H,56,57)(H,58,59). The largest absolute Gasteiger partial charge is 0.481 e. The summed E-state index contributed by atoms with van der Waals surface area (Å²) in [7, 11) is 0. The molecule has 8 bridgehead atoms. The van der Waals surface area contributed by atoms with Crippen molar-refractivity contribution < 1.29 is 54.4 Å². The Bertz CT molecular complexity index is 2410. The number of nitrogens with zero attached hydrogens (tertiary/aromatic N) is 3. The van der Waals surface area contributed by atoms with Crippen molar-refractivity contribution in [3.8, 4) is 0 Å². The summed E-state index contributed by atoms with van der Waals surface area (Å²) in [5.74, 6) is -6.00. The van der Waals surface area contributed by atoms with Gasteiger partial charge in [-0.2, -0.15) is 0 Å². The molecule has 0 radical (unpaired) electrons. The van der Waals surface area contributed by atoms with Gasteiger partial charge >= 0.3 is 17.9 Å². The van der Waals surface area contributed by atoms with Crippen LogP contribution in [0.5, 0.6) is 0 Å². The van der Waals surface area contributed by atoms with Crippen molar-refractivity contribution in [2.24, 2.45) is 15.0 Å². The fourth-order valence-electron chi connectivity index (χ4n) is 7.33. The fourth-order valence-corrected chi connectivity index (χ4v) is 7.33. The normalized spacial score (nSPS) is 20.5. The summed E-state index contributed by atoms with van der Waals surface area (Å²) >= 11 is 0. The van der Waals surface area contributed by atoms with Crippen molar-refractivity contribution >= 4 is 52.6 Å². The van der Waals surface area contributed by atoms with Crippen molar-refractivity contribution in [2.75, 3.05) is 0 Å². The highest BCUT2D eigenvalue weighted by atomic mass is 16.5. The van der Waals surface area contributed by atoms with E-state index in [0.717, 1.165) is 5.57 Å². The Morgan fingerprint density at radius 2 is 1.33 bits per heavy atom. The van der Waals surface area contributed by atoms with Gasteiger partial charge in [-0.1, -0.05) is 12.7 Å². The minimum atomic E-state index is -1.66. The molecule has 5 rings (SSSR count). The van der Waals surface area contributed by atoms with E-state index in [0.29, 0.717) is 79.1 Å². The molecule has 61 heavy (non-hydrogen) atoms. The van der Waals surface area contributed by atoms with Gasteiger partial charge in [0.05, 0.1) is 46.3 Å². The Labute approximate surface area is 350 Å². The topological polar surface area (TPSA) is 289 Å². The van der Waals surface area contributed by atoms with Crippen LogP contribution < -0.4 is 21.4 Å². The quantitative estimate of drug-likeness (QED) is 0.0952. The number of carboxylic acid groups (broad SMARTS) is 3. The average Bonchev–Trinajstić information content (AvgIpc) is 3.81. The summed E-state index contributed by atoms with van der Waals surface area (Å²) in [6, 6.07) is -3.07. The van der Waals surface area contributed by atoms with Crippen LogP contribution in [0.25, 0.3) is 0 Å². The van der Waals surface area contributed by atoms with Crippen LogP contribution in [0.4, 0.5) is 0 Å². The number of carboxylic acids is 3. The van der Waals surface area contributed by atoms with Crippen LogP contribution in [0.3, 0.4) is 0 Å². The Balaban J connectivity index is 1.66. The molecule has 0 spiro atoms. The summed E-state index contributed by atoms with van der Waals surface area (Å²) in [5, 5.41) is 57.6. The summed E-state index contributed by atoms with van der Waals surface area (Å²) in [4.78, 5) is 87.4. The molecule has 0 aromatic heterocycles. The third-order valence-electron chi connectivity index (χ3n) is 10.7. The number of carbonyl (C=O) groups excluding carboxylic acids is 3. The molecule has 5 aliphatic heterocycles. The molecule has 18 nitrogen and oxygen atoms in total. The van der Waals surface area contributed by atoms with Gasteiger partial charge in [-0.15, -0.1) is 0 Å². The monoisotopic (exact) mass is 837 g/mol. The summed E-state index contributed by atoms with van der Waals surface area (Å²) in [6.45, 7) is 12.2. The molecule has 0 saturated heterocycles. The van der Waals surface area contributed by atoms with E-state index in [9.17, 15) is 49.3 Å². The number of ketones is 1. The van der Waals surface area contributed by atoms with E-state index in [4.69, 9.17) is 20.1 Å². The van der Waals surface area contributed by atoms with E-state index >= 15 is 0 Å². The van der Waals surface area contributed by atoms with Crippen molar-refractivity contribution in [3.63, 3.8) is 0 Å². The second-order valence-electron chi connectivity index (χ2n) is 15.0. The zero-order chi connectivity index (χ0) is 44.9. The molecule has 0 aromatic rings. The van der Waals surface area contributed by atoms with Crippen LogP contribution in [-0.4, -0.2) is 96.0 Å². The smallest absolute Gasteiger partial charge is 0.326 e. The number of hydroxylamine groups is 1. The van der Waals surface area contributed by atoms with Crippen LogP contribution in [0.15, 0.2) is 132 Å². The van der Waals surface area contributed by atoms with Crippen LogP contribution in [0.2, 0.25) is 0 Å². The number of nitrogens with one attached hydrogen (secondary N) is 4. The van der Waals surface area contributed by atoms with Gasteiger partial charge in [0.25, 0.3) is 0 Å². The minimum Gasteiger partial charge on any atom is -0.481 e. The van der Waals surface area contributed by atoms with Gasteiger partial charge in [0.2, 0.25) is 11.8 Å². The number of allylic oxidation sites excluding steroid dienone is 11. The number of hydrogen-bond acceptors (Lipinski definition) is 13. The molecular weight excluding hydrogens is 791 g/mol. The molecule has 0 fully saturated rings. The van der Waals surface area contributed by atoms with Crippen LogP contribution in [-0.2, 0) is 28.8 Å². The zero-order valence-corrected chi connectivity index (χ0v) is 34.2. The minimum absolute atomic E-state index is 0.0152. The second kappa shape index (κ2) is 18.5. The lowest BCUT2D eigenvalue weighted by Gasteiger charge is -2.20. The van der Waals surface area contributed by atoms with E-state index in [2.05, 4.69) is 22.5 Å². The Kier molecular flexibility index (Phi) is 13.6. The fraction of sp³-hybridized carbons (Fsp3) is 0.326. The van der Waals surface area contributed by atoms with Gasteiger partial charge in [0.1, 0.15) is 23.5 Å². The van der Waals surface area contributed by atoms with Crippen LogP contribution in [0, 0.1) is 0 Å². The molecule has 5 heterocycles. The predicted octanol–water partition coefficient (Wildman–Crippen LogP) is 3.29. The van der Waals surface area contributed by atoms with Crippen molar-refractivity contribution in [1.82, 2.24) is 21.4 Å². The lowest BCUT2D eigenvalue weighted by atomic mass is 9.92. The SMILES string of the molecule is C=CC1=C(C)C2=CC3=C(C=CNO)C(C)(O)C(=CC4=NC(=CC5=NC(=CC1=N2)C(C)=C5CCC(=O)NC(CC(C)=O)C(=O)O)C(CCC(=O)NC(CC(=O)O)C(=O)O)=C4C)N3. The third kappa shape index (κ3) is 10.0. The predicted molar refractivity (Wildman–Crippen MR) is 223 cm³/mol. The number of Topliss-reactive ketones (excluding diaryl/α,β-unsaturated/α-hetero) is 1. The number of aliphatic hydroxyl groups is 1. The second-order valence-corrected chi connectivity index (χ2v) is 15.0. The van der Waals surface area contributed by atoms with E-state index in [1.54, 1.807) is 44.2 Å². The molecule has 0 aromatic carbocycles. The molecule has 320 valence electrons. The van der Waals surface area contributed by atoms with Gasteiger partial charge in [0, 0.05) is 42.3 Å². The van der Waals surface area contributed by atoms with Gasteiger partial charge in [-0.3, -0.25) is 29.9 Å². The first-order valence-corrected chi connectivity index (χ1v) is 19.2. The maximum atomic E-state index is 13.1. The number of rotatable bonds is 17. The maximum Gasteiger partial charge on any atom is 0.326 e. The molecule has 2 amide bonds. The number of hydrogen-bond donors (Lipinski definition) is 9. The van der Waals surface area contributed by atoms with Crippen LogP contribution in [0.1, 0.15) is 73.1 Å². The first kappa shape index (κ1) is 45.0. The Hall–Kier alpha value is -7.05.